The molecule has 2 aromatic carbocycles. The fraction of sp³-hybridized carbons (Fsp3) is 0.346. The lowest BCUT2D eigenvalue weighted by Gasteiger charge is -2.37. The van der Waals surface area contributed by atoms with E-state index >= 15 is 0 Å². The van der Waals surface area contributed by atoms with E-state index in [1.54, 1.807) is 6.07 Å². The largest absolute Gasteiger partial charge is 0.490 e. The quantitative estimate of drug-likeness (QED) is 0.259. The Morgan fingerprint density at radius 1 is 1.09 bits per heavy atom. The van der Waals surface area contributed by atoms with Crippen LogP contribution < -0.4 is 9.47 Å². The number of allylic oxidation sites excluding steroid dienone is 2. The first-order chi connectivity index (χ1) is 16.5. The van der Waals surface area contributed by atoms with Gasteiger partial charge in [0.2, 0.25) is 0 Å². The summed E-state index contributed by atoms with van der Waals surface area (Å²) in [7, 11) is 0. The number of carbonyl (C=O) groups is 2. The molecule has 2 bridgehead atoms. The minimum absolute atomic E-state index is 0.139. The van der Waals surface area contributed by atoms with Crippen LogP contribution in [0.4, 0.5) is 0 Å². The van der Waals surface area contributed by atoms with Gasteiger partial charge in [0.1, 0.15) is 6.61 Å². The maximum Gasteiger partial charge on any atom is 0.254 e. The Bertz CT molecular complexity index is 1170. The third-order valence-electron chi connectivity index (χ3n) is 6.72. The molecule has 0 spiro atoms. The van der Waals surface area contributed by atoms with Crippen LogP contribution in [0.15, 0.2) is 58.1 Å². The molecule has 1 aliphatic heterocycles. The first-order valence-corrected chi connectivity index (χ1v) is 12.6. The standard InChI is InChI=1S/C26H24BrClN2O4/c1-2-33-21-12-15(11-19(27)24(21)34-14-18-5-3-4-6-20(18)28)13-29-30-25(31)22-16-7-8-17(10-9-16)23(22)26(30)32/h3-8,11-13,16-17,22-23H,2,9-10,14H2,1H3/b29-13-/t16-,17+,22-,23+. The first kappa shape index (κ1) is 23.1. The Morgan fingerprint density at radius 2 is 1.76 bits per heavy atom. The van der Waals surface area contributed by atoms with Crippen LogP contribution in [-0.2, 0) is 16.2 Å². The summed E-state index contributed by atoms with van der Waals surface area (Å²) in [5.41, 5.74) is 1.54. The van der Waals surface area contributed by atoms with Crippen molar-refractivity contribution in [2.24, 2.45) is 28.8 Å². The number of imide groups is 1. The van der Waals surface area contributed by atoms with Crippen LogP contribution in [0.1, 0.15) is 30.9 Å². The number of hydrogen-bond acceptors (Lipinski definition) is 5. The molecule has 6 nitrogen and oxygen atoms in total. The Morgan fingerprint density at radius 3 is 2.38 bits per heavy atom. The van der Waals surface area contributed by atoms with E-state index in [1.165, 1.54) is 6.21 Å². The molecular weight excluding hydrogens is 520 g/mol. The highest BCUT2D eigenvalue weighted by Gasteiger charge is 2.56. The number of halogens is 2. The maximum absolute atomic E-state index is 13.0. The molecule has 8 heteroatoms. The van der Waals surface area contributed by atoms with Gasteiger partial charge in [-0.05, 0) is 71.3 Å². The Hall–Kier alpha value is -2.64. The van der Waals surface area contributed by atoms with Gasteiger partial charge in [0, 0.05) is 10.6 Å². The third kappa shape index (κ3) is 4.16. The molecule has 4 atom stereocenters. The number of amides is 2. The fourth-order valence-corrected chi connectivity index (χ4v) is 5.89. The molecule has 2 fully saturated rings. The van der Waals surface area contributed by atoms with Crippen LogP contribution in [0.2, 0.25) is 5.02 Å². The SMILES string of the molecule is CCOc1cc(/C=N\N2C(=O)[C@@H]3[C@H](C2=O)[C@@H]2C=C[C@H]3CC2)cc(Br)c1OCc1ccccc1Cl. The number of hydrazone groups is 1. The number of benzene rings is 2. The Kier molecular flexibility index (Phi) is 6.49. The predicted octanol–water partition coefficient (Wildman–Crippen LogP) is 5.61. The minimum Gasteiger partial charge on any atom is -0.490 e. The molecule has 1 saturated carbocycles. The van der Waals surface area contributed by atoms with Gasteiger partial charge in [0.15, 0.2) is 11.5 Å². The van der Waals surface area contributed by atoms with Crippen LogP contribution in [0, 0.1) is 23.7 Å². The van der Waals surface area contributed by atoms with Crippen LogP contribution in [0.25, 0.3) is 0 Å². The zero-order valence-corrected chi connectivity index (χ0v) is 21.0. The van der Waals surface area contributed by atoms with E-state index in [4.69, 9.17) is 21.1 Å². The van der Waals surface area contributed by atoms with Crippen molar-refractivity contribution in [2.45, 2.75) is 26.4 Å². The van der Waals surface area contributed by atoms with E-state index in [0.717, 1.165) is 23.4 Å². The number of hydrogen-bond donors (Lipinski definition) is 0. The predicted molar refractivity (Wildman–Crippen MR) is 133 cm³/mol. The van der Waals surface area contributed by atoms with Crippen molar-refractivity contribution in [3.8, 4) is 11.5 Å². The number of nitrogens with zero attached hydrogens (tertiary/aromatic N) is 2. The summed E-state index contributed by atoms with van der Waals surface area (Å²) in [5.74, 6) is 0.392. The van der Waals surface area contributed by atoms with Crippen molar-refractivity contribution in [2.75, 3.05) is 6.61 Å². The van der Waals surface area contributed by atoms with E-state index in [9.17, 15) is 9.59 Å². The second kappa shape index (κ2) is 9.55. The Balaban J connectivity index is 1.36. The summed E-state index contributed by atoms with van der Waals surface area (Å²) in [5, 5.41) is 5.99. The lowest BCUT2D eigenvalue weighted by molar-refractivity contribution is -0.140. The molecule has 1 saturated heterocycles. The van der Waals surface area contributed by atoms with Gasteiger partial charge >= 0.3 is 0 Å². The number of carbonyl (C=O) groups excluding carboxylic acids is 2. The summed E-state index contributed by atoms with van der Waals surface area (Å²) in [6.45, 7) is 2.61. The van der Waals surface area contributed by atoms with Crippen molar-refractivity contribution in [1.82, 2.24) is 5.01 Å². The number of ether oxygens (including phenoxy) is 2. The molecule has 0 aromatic heterocycles. The molecule has 1 heterocycles. The normalized spacial score (nSPS) is 25.3. The highest BCUT2D eigenvalue weighted by molar-refractivity contribution is 9.10. The van der Waals surface area contributed by atoms with Gasteiger partial charge in [0.05, 0.1) is 29.1 Å². The smallest absolute Gasteiger partial charge is 0.254 e. The molecule has 3 aliphatic carbocycles. The second-order valence-corrected chi connectivity index (χ2v) is 9.98. The first-order valence-electron chi connectivity index (χ1n) is 11.4. The molecule has 0 N–H and O–H groups in total. The summed E-state index contributed by atoms with van der Waals surface area (Å²) < 4.78 is 12.5. The zero-order chi connectivity index (χ0) is 23.8. The average molecular weight is 544 g/mol. The Labute approximate surface area is 211 Å². The maximum atomic E-state index is 13.0. The van der Waals surface area contributed by atoms with Crippen molar-refractivity contribution >= 4 is 45.6 Å². The molecule has 4 aliphatic rings. The molecule has 2 amide bonds. The van der Waals surface area contributed by atoms with E-state index in [2.05, 4.69) is 33.2 Å². The highest BCUT2D eigenvalue weighted by atomic mass is 79.9. The van der Waals surface area contributed by atoms with E-state index in [1.807, 2.05) is 37.3 Å². The number of fused-ring (bicyclic) bond motifs is 1. The van der Waals surface area contributed by atoms with Crippen LogP contribution in [-0.4, -0.2) is 29.6 Å². The van der Waals surface area contributed by atoms with Gasteiger partial charge < -0.3 is 9.47 Å². The van der Waals surface area contributed by atoms with Crippen LogP contribution in [0.3, 0.4) is 0 Å². The van der Waals surface area contributed by atoms with Gasteiger partial charge in [-0.2, -0.15) is 10.1 Å². The molecular formula is C26H24BrClN2O4. The molecule has 0 unspecified atom stereocenters. The monoisotopic (exact) mass is 542 g/mol. The fourth-order valence-electron chi connectivity index (χ4n) is 5.13. The lowest BCUT2D eigenvalue weighted by Crippen LogP contribution is -2.38. The molecule has 2 aromatic rings. The van der Waals surface area contributed by atoms with E-state index in [0.29, 0.717) is 33.2 Å². The van der Waals surface area contributed by atoms with Gasteiger partial charge in [-0.15, -0.1) is 0 Å². The minimum atomic E-state index is -0.278. The van der Waals surface area contributed by atoms with Gasteiger partial charge in [-0.1, -0.05) is 42.0 Å². The zero-order valence-electron chi connectivity index (χ0n) is 18.6. The topological polar surface area (TPSA) is 68.2 Å². The third-order valence-corrected chi connectivity index (χ3v) is 7.68. The summed E-state index contributed by atoms with van der Waals surface area (Å²) >= 11 is 9.80. The number of rotatable bonds is 7. The van der Waals surface area contributed by atoms with Crippen LogP contribution >= 0.6 is 27.5 Å². The molecule has 34 heavy (non-hydrogen) atoms. The van der Waals surface area contributed by atoms with Gasteiger partial charge in [-0.3, -0.25) is 9.59 Å². The van der Waals surface area contributed by atoms with Crippen molar-refractivity contribution in [1.29, 1.82) is 0 Å². The lowest BCUT2D eigenvalue weighted by atomic mass is 9.63. The molecule has 0 radical (unpaired) electrons. The summed E-state index contributed by atoms with van der Waals surface area (Å²) in [4.78, 5) is 26.0. The van der Waals surface area contributed by atoms with Crippen molar-refractivity contribution < 1.29 is 19.1 Å². The highest BCUT2D eigenvalue weighted by Crippen LogP contribution is 2.49. The van der Waals surface area contributed by atoms with Crippen molar-refractivity contribution in [3.05, 3.63) is 69.2 Å². The van der Waals surface area contributed by atoms with Crippen LogP contribution in [0.5, 0.6) is 11.5 Å². The summed E-state index contributed by atoms with van der Waals surface area (Å²) in [6, 6.07) is 11.1. The van der Waals surface area contributed by atoms with Crippen molar-refractivity contribution in [3.63, 3.8) is 0 Å². The van der Waals surface area contributed by atoms with Gasteiger partial charge in [-0.25, -0.2) is 0 Å². The molecule has 6 rings (SSSR count). The summed E-state index contributed by atoms with van der Waals surface area (Å²) in [6.07, 6.45) is 7.63. The average Bonchev–Trinajstić information content (AvgIpc) is 3.11. The van der Waals surface area contributed by atoms with Gasteiger partial charge in [0.25, 0.3) is 11.8 Å². The van der Waals surface area contributed by atoms with E-state index < -0.39 is 0 Å². The molecule has 176 valence electrons. The van der Waals surface area contributed by atoms with E-state index in [-0.39, 0.29) is 42.1 Å². The second-order valence-electron chi connectivity index (χ2n) is 8.72.